The summed E-state index contributed by atoms with van der Waals surface area (Å²) in [5, 5.41) is 7.85. The van der Waals surface area contributed by atoms with Crippen LogP contribution in [-0.2, 0) is 6.42 Å². The fourth-order valence-corrected chi connectivity index (χ4v) is 1.59. The Labute approximate surface area is 89.2 Å². The van der Waals surface area contributed by atoms with E-state index >= 15 is 0 Å². The molecule has 0 N–H and O–H groups in total. The standard InChI is InChI=1S/C12H14N2O/c1-4-10-5-6-11(8(2)7-10)12-14-13-9(3)15-12/h5-7H,4H2,1-3H3. The van der Waals surface area contributed by atoms with Gasteiger partial charge < -0.3 is 4.42 Å². The third-order valence-corrected chi connectivity index (χ3v) is 2.46. The Kier molecular flexibility index (Phi) is 2.54. The molecule has 1 aromatic heterocycles. The zero-order valence-corrected chi connectivity index (χ0v) is 9.24. The molecule has 0 spiro atoms. The lowest BCUT2D eigenvalue weighted by Gasteiger charge is -2.03. The van der Waals surface area contributed by atoms with Gasteiger partial charge in [0.25, 0.3) is 0 Å². The molecule has 0 aliphatic carbocycles. The molecule has 0 aliphatic rings. The van der Waals surface area contributed by atoms with Gasteiger partial charge in [-0.05, 0) is 30.5 Å². The van der Waals surface area contributed by atoms with E-state index in [0.717, 1.165) is 12.0 Å². The third kappa shape index (κ3) is 1.91. The third-order valence-electron chi connectivity index (χ3n) is 2.46. The lowest BCUT2D eigenvalue weighted by Crippen LogP contribution is -1.87. The summed E-state index contributed by atoms with van der Waals surface area (Å²) in [5.74, 6) is 1.21. The van der Waals surface area contributed by atoms with E-state index in [9.17, 15) is 0 Å². The van der Waals surface area contributed by atoms with Gasteiger partial charge in [-0.1, -0.05) is 19.1 Å². The normalized spacial score (nSPS) is 10.6. The molecule has 0 radical (unpaired) electrons. The van der Waals surface area contributed by atoms with Crippen LogP contribution in [0.3, 0.4) is 0 Å². The van der Waals surface area contributed by atoms with Crippen molar-refractivity contribution in [2.75, 3.05) is 0 Å². The molecule has 0 saturated heterocycles. The molecule has 1 heterocycles. The number of nitrogens with zero attached hydrogens (tertiary/aromatic N) is 2. The van der Waals surface area contributed by atoms with Crippen molar-refractivity contribution in [2.45, 2.75) is 27.2 Å². The average molecular weight is 202 g/mol. The Morgan fingerprint density at radius 2 is 2.00 bits per heavy atom. The van der Waals surface area contributed by atoms with Gasteiger partial charge in [0.1, 0.15) is 0 Å². The minimum Gasteiger partial charge on any atom is -0.421 e. The lowest BCUT2D eigenvalue weighted by molar-refractivity contribution is 0.532. The van der Waals surface area contributed by atoms with Gasteiger partial charge in [-0.15, -0.1) is 10.2 Å². The highest BCUT2D eigenvalue weighted by Crippen LogP contribution is 2.22. The maximum atomic E-state index is 5.40. The molecular formula is C12H14N2O. The summed E-state index contributed by atoms with van der Waals surface area (Å²) in [6.07, 6.45) is 1.05. The molecule has 0 saturated carbocycles. The van der Waals surface area contributed by atoms with E-state index in [2.05, 4.69) is 36.2 Å². The summed E-state index contributed by atoms with van der Waals surface area (Å²) in [4.78, 5) is 0. The van der Waals surface area contributed by atoms with Crippen molar-refractivity contribution >= 4 is 0 Å². The molecule has 0 unspecified atom stereocenters. The molecule has 1 aromatic carbocycles. The monoisotopic (exact) mass is 202 g/mol. The summed E-state index contributed by atoms with van der Waals surface area (Å²) >= 11 is 0. The second kappa shape index (κ2) is 3.85. The van der Waals surface area contributed by atoms with Gasteiger partial charge in [0, 0.05) is 12.5 Å². The maximum Gasteiger partial charge on any atom is 0.247 e. The summed E-state index contributed by atoms with van der Waals surface area (Å²) < 4.78 is 5.40. The molecule has 2 aromatic rings. The van der Waals surface area contributed by atoms with Crippen molar-refractivity contribution in [2.24, 2.45) is 0 Å². The maximum absolute atomic E-state index is 5.40. The Bertz CT molecular complexity index is 474. The van der Waals surface area contributed by atoms with E-state index in [1.807, 2.05) is 6.07 Å². The van der Waals surface area contributed by atoms with E-state index < -0.39 is 0 Å². The molecule has 0 bridgehead atoms. The first-order valence-corrected chi connectivity index (χ1v) is 5.10. The zero-order chi connectivity index (χ0) is 10.8. The van der Waals surface area contributed by atoms with Gasteiger partial charge in [-0.2, -0.15) is 0 Å². The van der Waals surface area contributed by atoms with E-state index in [0.29, 0.717) is 11.8 Å². The van der Waals surface area contributed by atoms with Crippen LogP contribution >= 0.6 is 0 Å². The van der Waals surface area contributed by atoms with Gasteiger partial charge in [-0.25, -0.2) is 0 Å². The number of aromatic nitrogens is 2. The molecular weight excluding hydrogens is 188 g/mol. The highest BCUT2D eigenvalue weighted by molar-refractivity contribution is 5.58. The summed E-state index contributed by atoms with van der Waals surface area (Å²) in [7, 11) is 0. The minimum atomic E-state index is 0.601. The van der Waals surface area contributed by atoms with Gasteiger partial charge in [0.05, 0.1) is 0 Å². The summed E-state index contributed by atoms with van der Waals surface area (Å²) in [6, 6.07) is 6.30. The van der Waals surface area contributed by atoms with Gasteiger partial charge in [0.15, 0.2) is 0 Å². The van der Waals surface area contributed by atoms with Crippen LogP contribution in [0.25, 0.3) is 11.5 Å². The van der Waals surface area contributed by atoms with Crippen LogP contribution in [0.1, 0.15) is 23.9 Å². The number of hydrogen-bond donors (Lipinski definition) is 0. The van der Waals surface area contributed by atoms with E-state index in [1.54, 1.807) is 6.92 Å². The van der Waals surface area contributed by atoms with E-state index in [1.165, 1.54) is 11.1 Å². The van der Waals surface area contributed by atoms with Crippen molar-refractivity contribution in [1.82, 2.24) is 10.2 Å². The fraction of sp³-hybridized carbons (Fsp3) is 0.333. The summed E-state index contributed by atoms with van der Waals surface area (Å²) in [5.41, 5.74) is 3.53. The molecule has 0 aliphatic heterocycles. The second-order valence-corrected chi connectivity index (χ2v) is 3.63. The molecule has 78 valence electrons. The SMILES string of the molecule is CCc1ccc(-c2nnc(C)o2)c(C)c1. The first kappa shape index (κ1) is 9.90. The quantitative estimate of drug-likeness (QED) is 0.751. The minimum absolute atomic E-state index is 0.601. The Hall–Kier alpha value is -1.64. The fourth-order valence-electron chi connectivity index (χ4n) is 1.59. The topological polar surface area (TPSA) is 38.9 Å². The van der Waals surface area contributed by atoms with Crippen molar-refractivity contribution in [3.63, 3.8) is 0 Å². The van der Waals surface area contributed by atoms with Crippen molar-refractivity contribution in [1.29, 1.82) is 0 Å². The predicted molar refractivity (Wildman–Crippen MR) is 58.6 cm³/mol. The number of rotatable bonds is 2. The first-order valence-electron chi connectivity index (χ1n) is 5.10. The highest BCUT2D eigenvalue weighted by Gasteiger charge is 2.08. The van der Waals surface area contributed by atoms with E-state index in [-0.39, 0.29) is 0 Å². The van der Waals surface area contributed by atoms with Gasteiger partial charge in [0.2, 0.25) is 11.8 Å². The van der Waals surface area contributed by atoms with Crippen LogP contribution in [0.5, 0.6) is 0 Å². The van der Waals surface area contributed by atoms with Gasteiger partial charge in [-0.3, -0.25) is 0 Å². The Morgan fingerprint density at radius 1 is 1.20 bits per heavy atom. The van der Waals surface area contributed by atoms with E-state index in [4.69, 9.17) is 4.42 Å². The molecule has 0 amide bonds. The predicted octanol–water partition coefficient (Wildman–Crippen LogP) is 2.92. The Balaban J connectivity index is 2.45. The lowest BCUT2D eigenvalue weighted by atomic mass is 10.0. The van der Waals surface area contributed by atoms with Crippen molar-refractivity contribution < 1.29 is 4.42 Å². The van der Waals surface area contributed by atoms with Crippen LogP contribution in [0.2, 0.25) is 0 Å². The number of benzene rings is 1. The average Bonchev–Trinajstić information content (AvgIpc) is 2.64. The number of hydrogen-bond acceptors (Lipinski definition) is 3. The second-order valence-electron chi connectivity index (χ2n) is 3.63. The molecule has 15 heavy (non-hydrogen) atoms. The van der Waals surface area contributed by atoms with Crippen LogP contribution in [0.15, 0.2) is 22.6 Å². The summed E-state index contributed by atoms with van der Waals surface area (Å²) in [6.45, 7) is 6.01. The van der Waals surface area contributed by atoms with Crippen LogP contribution in [0, 0.1) is 13.8 Å². The smallest absolute Gasteiger partial charge is 0.247 e. The number of aryl methyl sites for hydroxylation is 3. The Morgan fingerprint density at radius 3 is 2.53 bits per heavy atom. The highest BCUT2D eigenvalue weighted by atomic mass is 16.4. The van der Waals surface area contributed by atoms with Crippen molar-refractivity contribution in [3.8, 4) is 11.5 Å². The zero-order valence-electron chi connectivity index (χ0n) is 9.24. The molecule has 3 nitrogen and oxygen atoms in total. The van der Waals surface area contributed by atoms with Crippen LogP contribution in [-0.4, -0.2) is 10.2 Å². The molecule has 3 heteroatoms. The first-order chi connectivity index (χ1) is 7.20. The molecule has 0 atom stereocenters. The van der Waals surface area contributed by atoms with Crippen LogP contribution in [0.4, 0.5) is 0 Å². The van der Waals surface area contributed by atoms with Gasteiger partial charge >= 0.3 is 0 Å². The molecule has 2 rings (SSSR count). The van der Waals surface area contributed by atoms with Crippen LogP contribution < -0.4 is 0 Å². The largest absolute Gasteiger partial charge is 0.421 e. The van der Waals surface area contributed by atoms with Crippen molar-refractivity contribution in [3.05, 3.63) is 35.2 Å². The molecule has 0 fully saturated rings.